The number of benzene rings is 2. The van der Waals surface area contributed by atoms with Crippen LogP contribution in [0.25, 0.3) is 10.9 Å². The van der Waals surface area contributed by atoms with Crippen LogP contribution in [0.5, 0.6) is 11.5 Å². The summed E-state index contributed by atoms with van der Waals surface area (Å²) in [6.07, 6.45) is 0. The molecule has 2 aromatic carbocycles. The number of ether oxygens (including phenoxy) is 2. The van der Waals surface area contributed by atoms with Gasteiger partial charge in [-0.05, 0) is 54.8 Å². The Hall–Kier alpha value is -3.24. The van der Waals surface area contributed by atoms with E-state index in [0.717, 1.165) is 27.6 Å². The van der Waals surface area contributed by atoms with E-state index in [9.17, 15) is 10.1 Å². The number of rotatable bonds is 5. The van der Waals surface area contributed by atoms with Crippen LogP contribution in [0.4, 0.5) is 0 Å². The zero-order chi connectivity index (χ0) is 20.4. The fourth-order valence-electron chi connectivity index (χ4n) is 3.24. The lowest BCUT2D eigenvalue weighted by molar-refractivity contribution is -0.118. The highest BCUT2D eigenvalue weighted by Crippen LogP contribution is 2.32. The number of hydrogen-bond donors (Lipinski definition) is 1. The standard InChI is InChI=1S/C22H19N3O3S/c1-13-5-14(2)17-8-16(9-23)22(25-18(17)6-13)29-11-21(26)24-10-15-3-4-19-20(7-15)28-12-27-19/h3-8H,10-12H2,1-2H3,(H,24,26). The number of nitriles is 1. The van der Waals surface area contributed by atoms with Crippen molar-refractivity contribution in [1.82, 2.24) is 10.3 Å². The van der Waals surface area contributed by atoms with E-state index in [0.29, 0.717) is 28.6 Å². The molecule has 7 heteroatoms. The van der Waals surface area contributed by atoms with Crippen molar-refractivity contribution < 1.29 is 14.3 Å². The molecule has 0 saturated carbocycles. The van der Waals surface area contributed by atoms with E-state index in [1.54, 1.807) is 0 Å². The summed E-state index contributed by atoms with van der Waals surface area (Å²) in [4.78, 5) is 16.9. The van der Waals surface area contributed by atoms with Crippen molar-refractivity contribution in [3.63, 3.8) is 0 Å². The van der Waals surface area contributed by atoms with Gasteiger partial charge in [0, 0.05) is 11.9 Å². The van der Waals surface area contributed by atoms with Crippen LogP contribution in [0, 0.1) is 25.2 Å². The van der Waals surface area contributed by atoms with Crippen molar-refractivity contribution >= 4 is 28.6 Å². The monoisotopic (exact) mass is 405 g/mol. The van der Waals surface area contributed by atoms with Crippen LogP contribution in [0.2, 0.25) is 0 Å². The molecule has 0 atom stereocenters. The quantitative estimate of drug-likeness (QED) is 0.649. The number of carbonyl (C=O) groups excluding carboxylic acids is 1. The van der Waals surface area contributed by atoms with E-state index in [2.05, 4.69) is 22.4 Å². The van der Waals surface area contributed by atoms with E-state index in [-0.39, 0.29) is 18.5 Å². The highest BCUT2D eigenvalue weighted by atomic mass is 32.2. The second kappa shape index (κ2) is 8.02. The molecule has 6 nitrogen and oxygen atoms in total. The van der Waals surface area contributed by atoms with Crippen molar-refractivity contribution in [2.24, 2.45) is 0 Å². The van der Waals surface area contributed by atoms with Gasteiger partial charge in [-0.1, -0.05) is 23.9 Å². The minimum absolute atomic E-state index is 0.126. The minimum Gasteiger partial charge on any atom is -0.454 e. The number of amides is 1. The summed E-state index contributed by atoms with van der Waals surface area (Å²) in [5.41, 5.74) is 4.45. The van der Waals surface area contributed by atoms with Crippen LogP contribution in [-0.2, 0) is 11.3 Å². The number of nitrogens with zero attached hydrogens (tertiary/aromatic N) is 2. The average Bonchev–Trinajstić information content (AvgIpc) is 3.17. The van der Waals surface area contributed by atoms with Crippen molar-refractivity contribution in [1.29, 1.82) is 5.26 Å². The van der Waals surface area contributed by atoms with Crippen LogP contribution in [0.15, 0.2) is 41.4 Å². The van der Waals surface area contributed by atoms with Crippen molar-refractivity contribution in [3.05, 3.63) is 58.7 Å². The molecule has 0 radical (unpaired) electrons. The van der Waals surface area contributed by atoms with E-state index < -0.39 is 0 Å². The summed E-state index contributed by atoms with van der Waals surface area (Å²) in [7, 11) is 0. The summed E-state index contributed by atoms with van der Waals surface area (Å²) in [6.45, 7) is 4.64. The molecule has 0 aliphatic carbocycles. The molecule has 0 saturated heterocycles. The zero-order valence-electron chi connectivity index (χ0n) is 16.1. The molecule has 2 heterocycles. The predicted octanol–water partition coefficient (Wildman–Crippen LogP) is 3.86. The Morgan fingerprint density at radius 2 is 2.03 bits per heavy atom. The maximum atomic E-state index is 12.3. The van der Waals surface area contributed by atoms with Gasteiger partial charge in [0.1, 0.15) is 11.1 Å². The molecular formula is C22H19N3O3S. The van der Waals surface area contributed by atoms with Crippen LogP contribution in [0.3, 0.4) is 0 Å². The molecular weight excluding hydrogens is 386 g/mol. The van der Waals surface area contributed by atoms with Gasteiger partial charge in [0.05, 0.1) is 16.8 Å². The fraction of sp³-hybridized carbons (Fsp3) is 0.227. The number of aromatic nitrogens is 1. The summed E-state index contributed by atoms with van der Waals surface area (Å²) in [5, 5.41) is 13.9. The van der Waals surface area contributed by atoms with Crippen molar-refractivity contribution in [2.45, 2.75) is 25.4 Å². The van der Waals surface area contributed by atoms with Gasteiger partial charge in [0.2, 0.25) is 12.7 Å². The molecule has 1 amide bonds. The molecule has 29 heavy (non-hydrogen) atoms. The summed E-state index contributed by atoms with van der Waals surface area (Å²) in [5.74, 6) is 1.46. The van der Waals surface area contributed by atoms with E-state index in [1.807, 2.05) is 44.2 Å². The smallest absolute Gasteiger partial charge is 0.231 e. The van der Waals surface area contributed by atoms with Gasteiger partial charge >= 0.3 is 0 Å². The van der Waals surface area contributed by atoms with Gasteiger partial charge in [0.25, 0.3) is 0 Å². The number of aryl methyl sites for hydroxylation is 2. The Labute approximate surface area is 172 Å². The molecule has 146 valence electrons. The molecule has 0 unspecified atom stereocenters. The topological polar surface area (TPSA) is 84.2 Å². The third-order valence-electron chi connectivity index (χ3n) is 4.64. The van der Waals surface area contributed by atoms with Crippen LogP contribution in [0.1, 0.15) is 22.3 Å². The SMILES string of the molecule is Cc1cc(C)c2cc(C#N)c(SCC(=O)NCc3ccc4c(c3)OCO4)nc2c1. The average molecular weight is 405 g/mol. The number of nitrogens with one attached hydrogen (secondary N) is 1. The maximum Gasteiger partial charge on any atom is 0.231 e. The van der Waals surface area contributed by atoms with Crippen LogP contribution < -0.4 is 14.8 Å². The fourth-order valence-corrected chi connectivity index (χ4v) is 4.03. The number of thioether (sulfide) groups is 1. The van der Waals surface area contributed by atoms with E-state index in [4.69, 9.17) is 9.47 Å². The van der Waals surface area contributed by atoms with Crippen LogP contribution >= 0.6 is 11.8 Å². The molecule has 0 bridgehead atoms. The number of fused-ring (bicyclic) bond motifs is 2. The molecule has 1 aliphatic heterocycles. The second-order valence-corrected chi connectivity index (χ2v) is 7.82. The second-order valence-electron chi connectivity index (χ2n) is 6.85. The Kier molecular flexibility index (Phi) is 5.28. The zero-order valence-corrected chi connectivity index (χ0v) is 16.9. The molecule has 0 fully saturated rings. The lowest BCUT2D eigenvalue weighted by atomic mass is 10.1. The van der Waals surface area contributed by atoms with Crippen molar-refractivity contribution in [3.8, 4) is 17.6 Å². The molecule has 1 N–H and O–H groups in total. The molecule has 3 aromatic rings. The van der Waals surface area contributed by atoms with E-state index in [1.165, 1.54) is 11.8 Å². The first-order chi connectivity index (χ1) is 14.0. The Bertz CT molecular complexity index is 1150. The normalized spacial score (nSPS) is 12.0. The van der Waals surface area contributed by atoms with Gasteiger partial charge in [-0.25, -0.2) is 4.98 Å². The number of carbonyl (C=O) groups is 1. The number of pyridine rings is 1. The van der Waals surface area contributed by atoms with Crippen molar-refractivity contribution in [2.75, 3.05) is 12.5 Å². The molecule has 1 aliphatic rings. The van der Waals surface area contributed by atoms with Gasteiger partial charge < -0.3 is 14.8 Å². The van der Waals surface area contributed by atoms with Gasteiger partial charge in [0.15, 0.2) is 11.5 Å². The summed E-state index contributed by atoms with van der Waals surface area (Å²) < 4.78 is 10.6. The predicted molar refractivity (Wildman–Crippen MR) is 111 cm³/mol. The first-order valence-corrected chi connectivity index (χ1v) is 10.1. The highest BCUT2D eigenvalue weighted by Gasteiger charge is 2.14. The third kappa shape index (κ3) is 4.13. The molecule has 1 aromatic heterocycles. The number of hydrogen-bond acceptors (Lipinski definition) is 6. The van der Waals surface area contributed by atoms with Gasteiger partial charge in [-0.3, -0.25) is 4.79 Å². The molecule has 4 rings (SSSR count). The largest absolute Gasteiger partial charge is 0.454 e. The Morgan fingerprint density at radius 1 is 1.21 bits per heavy atom. The Balaban J connectivity index is 1.42. The van der Waals surface area contributed by atoms with Crippen LogP contribution in [-0.4, -0.2) is 23.4 Å². The molecule has 0 spiro atoms. The Morgan fingerprint density at radius 3 is 2.86 bits per heavy atom. The third-order valence-corrected chi connectivity index (χ3v) is 5.63. The lowest BCUT2D eigenvalue weighted by Crippen LogP contribution is -2.24. The first-order valence-electron chi connectivity index (χ1n) is 9.13. The summed E-state index contributed by atoms with van der Waals surface area (Å²) >= 11 is 1.27. The maximum absolute atomic E-state index is 12.3. The first kappa shape index (κ1) is 19.1. The minimum atomic E-state index is -0.126. The highest BCUT2D eigenvalue weighted by molar-refractivity contribution is 8.00. The van der Waals surface area contributed by atoms with Gasteiger partial charge in [-0.2, -0.15) is 5.26 Å². The lowest BCUT2D eigenvalue weighted by Gasteiger charge is -2.09. The van der Waals surface area contributed by atoms with E-state index >= 15 is 0 Å². The summed E-state index contributed by atoms with van der Waals surface area (Å²) in [6, 6.07) is 13.7. The van der Waals surface area contributed by atoms with Gasteiger partial charge in [-0.15, -0.1) is 0 Å².